The summed E-state index contributed by atoms with van der Waals surface area (Å²) < 4.78 is 18.2. The second kappa shape index (κ2) is 11.3. The highest BCUT2D eigenvalue weighted by Crippen LogP contribution is 2.46. The number of carbonyl (C=O) groups excluding carboxylic acids is 2. The Morgan fingerprint density at radius 1 is 1.15 bits per heavy atom. The number of furan rings is 1. The van der Waals surface area contributed by atoms with E-state index < -0.39 is 23.5 Å². The molecule has 2 aromatic carbocycles. The molecule has 1 aliphatic rings. The molecule has 4 aromatic rings. The van der Waals surface area contributed by atoms with E-state index in [1.165, 1.54) is 22.3 Å². The van der Waals surface area contributed by atoms with Gasteiger partial charge in [0.05, 0.1) is 35.0 Å². The number of hydrogen-bond donors (Lipinski definition) is 1. The first-order chi connectivity index (χ1) is 19.2. The van der Waals surface area contributed by atoms with Gasteiger partial charge in [-0.25, -0.2) is 4.98 Å². The third-order valence-electron chi connectivity index (χ3n) is 6.50. The topological polar surface area (TPSA) is 102 Å². The minimum absolute atomic E-state index is 0.0217. The van der Waals surface area contributed by atoms with Gasteiger partial charge < -0.3 is 19.0 Å². The molecule has 0 saturated carbocycles. The van der Waals surface area contributed by atoms with Gasteiger partial charge in [0.15, 0.2) is 28.1 Å². The lowest BCUT2D eigenvalue weighted by atomic mass is 9.95. The van der Waals surface area contributed by atoms with Crippen molar-refractivity contribution in [1.29, 1.82) is 0 Å². The molecule has 0 bridgehead atoms. The number of carbonyl (C=O) groups is 2. The average molecular weight is 581 g/mol. The van der Waals surface area contributed by atoms with Crippen LogP contribution in [0.1, 0.15) is 55.1 Å². The molecule has 1 aliphatic heterocycles. The number of aliphatic hydroxyl groups is 1. The fourth-order valence-electron chi connectivity index (χ4n) is 4.52. The first kappa shape index (κ1) is 27.7. The molecular formula is C30H29ClN2O6S. The van der Waals surface area contributed by atoms with Gasteiger partial charge in [-0.2, -0.15) is 0 Å². The second-order valence-electron chi connectivity index (χ2n) is 9.86. The number of benzene rings is 2. The molecule has 1 amide bonds. The minimum atomic E-state index is -0.995. The van der Waals surface area contributed by atoms with Gasteiger partial charge in [-0.05, 0) is 74.2 Å². The zero-order valence-electron chi connectivity index (χ0n) is 22.6. The number of ketones is 1. The van der Waals surface area contributed by atoms with Crippen LogP contribution in [0.15, 0.2) is 64.3 Å². The number of hydrogen-bond acceptors (Lipinski definition) is 8. The highest BCUT2D eigenvalue weighted by atomic mass is 35.5. The number of rotatable bonds is 10. The predicted molar refractivity (Wildman–Crippen MR) is 155 cm³/mol. The van der Waals surface area contributed by atoms with Crippen molar-refractivity contribution < 1.29 is 28.6 Å². The van der Waals surface area contributed by atoms with Gasteiger partial charge in [-0.1, -0.05) is 42.9 Å². The molecule has 1 unspecified atom stereocenters. The molecule has 10 heteroatoms. The maximum absolute atomic E-state index is 13.7. The van der Waals surface area contributed by atoms with Crippen LogP contribution in [0.2, 0.25) is 5.02 Å². The summed E-state index contributed by atoms with van der Waals surface area (Å²) in [6, 6.07) is 12.7. The van der Waals surface area contributed by atoms with Gasteiger partial charge in [0.25, 0.3) is 5.91 Å². The van der Waals surface area contributed by atoms with Gasteiger partial charge in [-0.3, -0.25) is 14.5 Å². The summed E-state index contributed by atoms with van der Waals surface area (Å²) in [7, 11) is 0. The van der Waals surface area contributed by atoms with E-state index in [9.17, 15) is 14.7 Å². The first-order valence-electron chi connectivity index (χ1n) is 13.0. The zero-order chi connectivity index (χ0) is 28.6. The fraction of sp³-hybridized carbons (Fsp3) is 0.300. The number of nitrogens with zero attached hydrogens (tertiary/aromatic N) is 2. The standard InChI is InChI=1S/C30H29ClN2O6S/c1-5-37-23-14-18(7-11-21(23)38-13-12-16(2)3)26-25(27(34)22-10-6-17(4)39-22)28(35)29(36)33(26)30-32-20-9-8-19(31)15-24(20)40-30/h6-11,14-16,26,35H,5,12-13H2,1-4H3. The molecule has 1 N–H and O–H groups in total. The largest absolute Gasteiger partial charge is 0.503 e. The third-order valence-corrected chi connectivity index (χ3v) is 7.75. The van der Waals surface area contributed by atoms with Crippen LogP contribution in [0.5, 0.6) is 11.5 Å². The monoisotopic (exact) mass is 580 g/mol. The van der Waals surface area contributed by atoms with Gasteiger partial charge >= 0.3 is 0 Å². The van der Waals surface area contributed by atoms with Crippen molar-refractivity contribution in [2.24, 2.45) is 5.92 Å². The number of Topliss-reactive ketones (excluding diaryl/α,β-unsaturated/α-hetero) is 1. The van der Waals surface area contributed by atoms with E-state index in [1.54, 1.807) is 49.4 Å². The number of thiazole rings is 1. The van der Waals surface area contributed by atoms with Gasteiger partial charge in [-0.15, -0.1) is 0 Å². The lowest BCUT2D eigenvalue weighted by Gasteiger charge is -2.25. The highest BCUT2D eigenvalue weighted by molar-refractivity contribution is 7.22. The average Bonchev–Trinajstić information content (AvgIpc) is 3.60. The number of aliphatic hydroxyl groups excluding tert-OH is 1. The van der Waals surface area contributed by atoms with Crippen LogP contribution in [-0.4, -0.2) is 35.0 Å². The molecule has 208 valence electrons. The van der Waals surface area contributed by atoms with Crippen LogP contribution in [0.25, 0.3) is 10.2 Å². The Kier molecular flexibility index (Phi) is 7.87. The number of halogens is 1. The van der Waals surface area contributed by atoms with Crippen molar-refractivity contribution >= 4 is 50.0 Å². The minimum Gasteiger partial charge on any atom is -0.503 e. The maximum atomic E-state index is 13.7. The number of ether oxygens (including phenoxy) is 2. The molecule has 0 saturated heterocycles. The highest BCUT2D eigenvalue weighted by Gasteiger charge is 2.46. The van der Waals surface area contributed by atoms with Crippen LogP contribution in [0.3, 0.4) is 0 Å². The van der Waals surface area contributed by atoms with Crippen molar-refractivity contribution in [2.75, 3.05) is 18.1 Å². The Hall–Kier alpha value is -3.82. The van der Waals surface area contributed by atoms with Crippen LogP contribution in [0, 0.1) is 12.8 Å². The van der Waals surface area contributed by atoms with Crippen LogP contribution < -0.4 is 14.4 Å². The summed E-state index contributed by atoms with van der Waals surface area (Å²) in [6.07, 6.45) is 0.873. The maximum Gasteiger partial charge on any atom is 0.296 e. The summed E-state index contributed by atoms with van der Waals surface area (Å²) in [4.78, 5) is 33.3. The smallest absolute Gasteiger partial charge is 0.296 e. The van der Waals surface area contributed by atoms with Gasteiger partial charge in [0.1, 0.15) is 5.76 Å². The second-order valence-corrected chi connectivity index (χ2v) is 11.3. The lowest BCUT2D eigenvalue weighted by molar-refractivity contribution is -0.117. The molecule has 1 atom stereocenters. The van der Waals surface area contributed by atoms with Crippen LogP contribution in [-0.2, 0) is 4.79 Å². The molecule has 0 aliphatic carbocycles. The van der Waals surface area contributed by atoms with Crippen molar-refractivity contribution in [1.82, 2.24) is 4.98 Å². The molecule has 0 fully saturated rings. The Morgan fingerprint density at radius 2 is 1.95 bits per heavy atom. The Bertz CT molecular complexity index is 1620. The fourth-order valence-corrected chi connectivity index (χ4v) is 5.78. The van der Waals surface area contributed by atoms with E-state index in [4.69, 9.17) is 25.5 Å². The van der Waals surface area contributed by atoms with E-state index >= 15 is 0 Å². The Labute approximate surface area is 240 Å². The zero-order valence-corrected chi connectivity index (χ0v) is 24.1. The molecule has 5 rings (SSSR count). The Morgan fingerprint density at radius 3 is 2.65 bits per heavy atom. The van der Waals surface area contributed by atoms with Crippen molar-refractivity contribution in [3.05, 3.63) is 82.0 Å². The van der Waals surface area contributed by atoms with Crippen LogP contribution in [0.4, 0.5) is 5.13 Å². The van der Waals surface area contributed by atoms with Gasteiger partial charge in [0.2, 0.25) is 5.78 Å². The summed E-state index contributed by atoms with van der Waals surface area (Å²) in [5.41, 5.74) is 1.08. The van der Waals surface area contributed by atoms with Crippen molar-refractivity contribution in [2.45, 2.75) is 40.2 Å². The SMILES string of the molecule is CCOc1cc(C2C(C(=O)c3ccc(C)o3)=C(O)C(=O)N2c2nc3ccc(Cl)cc3s2)ccc1OCCC(C)C. The summed E-state index contributed by atoms with van der Waals surface area (Å²) in [6.45, 7) is 8.72. The number of anilines is 1. The molecule has 40 heavy (non-hydrogen) atoms. The summed E-state index contributed by atoms with van der Waals surface area (Å²) >= 11 is 7.42. The number of fused-ring (bicyclic) bond motifs is 1. The van der Waals surface area contributed by atoms with E-state index in [-0.39, 0.29) is 11.3 Å². The van der Waals surface area contributed by atoms with E-state index in [2.05, 4.69) is 18.8 Å². The molecule has 0 spiro atoms. The number of aromatic nitrogens is 1. The molecule has 0 radical (unpaired) electrons. The normalized spacial score (nSPS) is 15.5. The number of aryl methyl sites for hydroxylation is 1. The molecule has 3 heterocycles. The Balaban J connectivity index is 1.63. The van der Waals surface area contributed by atoms with E-state index in [1.807, 2.05) is 6.92 Å². The molecular weight excluding hydrogens is 552 g/mol. The number of amides is 1. The quantitative estimate of drug-likeness (QED) is 0.194. The summed E-state index contributed by atoms with van der Waals surface area (Å²) in [5, 5.41) is 11.9. The van der Waals surface area contributed by atoms with Crippen LogP contribution >= 0.6 is 22.9 Å². The lowest BCUT2D eigenvalue weighted by Crippen LogP contribution is -2.31. The first-order valence-corrected chi connectivity index (χ1v) is 14.2. The molecule has 2 aromatic heterocycles. The third kappa shape index (κ3) is 5.31. The molecule has 8 nitrogen and oxygen atoms in total. The van der Waals surface area contributed by atoms with Gasteiger partial charge in [0, 0.05) is 5.02 Å². The van der Waals surface area contributed by atoms with E-state index in [0.717, 1.165) is 11.1 Å². The van der Waals surface area contributed by atoms with Crippen molar-refractivity contribution in [3.63, 3.8) is 0 Å². The van der Waals surface area contributed by atoms with Crippen molar-refractivity contribution in [3.8, 4) is 11.5 Å². The predicted octanol–water partition coefficient (Wildman–Crippen LogP) is 7.46. The summed E-state index contributed by atoms with van der Waals surface area (Å²) in [5.74, 6) is 0.0702. The van der Waals surface area contributed by atoms with E-state index in [0.29, 0.717) is 57.6 Å².